The number of morpholine rings is 1. The number of fused-ring (bicyclic) bond motifs is 1. The van der Waals surface area contributed by atoms with Crippen LogP contribution in [0.4, 0.5) is 0 Å². The van der Waals surface area contributed by atoms with Crippen molar-refractivity contribution in [3.05, 3.63) is 0 Å². The van der Waals surface area contributed by atoms with Crippen molar-refractivity contribution < 1.29 is 24.2 Å². The lowest BCUT2D eigenvalue weighted by atomic mass is 9.66. The molecule has 10 heteroatoms. The Balaban J connectivity index is 1.53. The second-order valence-electron chi connectivity index (χ2n) is 9.52. The maximum atomic E-state index is 13.5. The predicted molar refractivity (Wildman–Crippen MR) is 121 cm³/mol. The van der Waals surface area contributed by atoms with Gasteiger partial charge in [-0.2, -0.15) is 0 Å². The van der Waals surface area contributed by atoms with Crippen LogP contribution in [0.15, 0.2) is 0 Å². The van der Waals surface area contributed by atoms with Crippen molar-refractivity contribution in [2.24, 2.45) is 11.8 Å². The Kier molecular flexibility index (Phi) is 7.05. The van der Waals surface area contributed by atoms with Crippen LogP contribution in [0.25, 0.3) is 0 Å². The molecule has 2 bridgehead atoms. The summed E-state index contributed by atoms with van der Waals surface area (Å²) >= 11 is 1.66. The standard InChI is InChI=1S/C22H36N4O5S/c1-3-6-23-18(28)15-16-20(30)26(9-12-27)17(22(16)5-4-21(15,2)32-22)19(29)24-7-8-25-10-13-31-14-11-25/h15-17,27H,3-14H2,1-2H3,(H,23,28)(H,24,29)/t15-,16+,17?,21+,22?/m1/s1. The van der Waals surface area contributed by atoms with Crippen molar-refractivity contribution in [2.45, 2.75) is 48.6 Å². The molecule has 4 rings (SSSR count). The number of β-amino-alcohol motifs (C(OH)–C–C–N with tert-alkyl or cyclic N) is 1. The van der Waals surface area contributed by atoms with Gasteiger partial charge in [-0.3, -0.25) is 19.3 Å². The monoisotopic (exact) mass is 468 g/mol. The lowest BCUT2D eigenvalue weighted by molar-refractivity contribution is -0.141. The van der Waals surface area contributed by atoms with E-state index < -0.39 is 22.6 Å². The smallest absolute Gasteiger partial charge is 0.244 e. The Labute approximate surface area is 194 Å². The molecule has 0 aliphatic carbocycles. The Morgan fingerprint density at radius 2 is 1.88 bits per heavy atom. The van der Waals surface area contributed by atoms with Gasteiger partial charge in [0.25, 0.3) is 0 Å². The van der Waals surface area contributed by atoms with E-state index in [0.29, 0.717) is 26.3 Å². The molecule has 0 aromatic heterocycles. The lowest BCUT2D eigenvalue weighted by Gasteiger charge is -2.35. The molecule has 0 aromatic carbocycles. The van der Waals surface area contributed by atoms with Crippen molar-refractivity contribution >= 4 is 29.5 Å². The highest BCUT2D eigenvalue weighted by atomic mass is 32.2. The number of likely N-dealkylation sites (tertiary alicyclic amines) is 1. The third kappa shape index (κ3) is 3.93. The maximum Gasteiger partial charge on any atom is 0.244 e. The zero-order valence-corrected chi connectivity index (χ0v) is 19.9. The highest BCUT2D eigenvalue weighted by Gasteiger charge is 2.76. The molecule has 3 N–H and O–H groups in total. The summed E-state index contributed by atoms with van der Waals surface area (Å²) in [4.78, 5) is 43.9. The minimum Gasteiger partial charge on any atom is -0.395 e. The summed E-state index contributed by atoms with van der Waals surface area (Å²) in [7, 11) is 0. The van der Waals surface area contributed by atoms with Gasteiger partial charge in [0.2, 0.25) is 17.7 Å². The van der Waals surface area contributed by atoms with Crippen LogP contribution in [0.3, 0.4) is 0 Å². The van der Waals surface area contributed by atoms with Crippen LogP contribution in [0.1, 0.15) is 33.1 Å². The number of aliphatic hydroxyl groups is 1. The van der Waals surface area contributed by atoms with Gasteiger partial charge in [-0.15, -0.1) is 11.8 Å². The van der Waals surface area contributed by atoms with Gasteiger partial charge in [0, 0.05) is 44.0 Å². The zero-order chi connectivity index (χ0) is 22.9. The number of thioether (sulfide) groups is 1. The summed E-state index contributed by atoms with van der Waals surface area (Å²) in [5.74, 6) is -1.40. The average Bonchev–Trinajstić information content (AvgIpc) is 3.34. The quantitative estimate of drug-likeness (QED) is 0.416. The van der Waals surface area contributed by atoms with Crippen LogP contribution in [0, 0.1) is 11.8 Å². The molecule has 5 atom stereocenters. The molecule has 3 amide bonds. The molecule has 0 aromatic rings. The van der Waals surface area contributed by atoms with Crippen LogP contribution in [0.5, 0.6) is 0 Å². The van der Waals surface area contributed by atoms with Crippen LogP contribution < -0.4 is 10.6 Å². The van der Waals surface area contributed by atoms with Gasteiger partial charge in [0.1, 0.15) is 6.04 Å². The highest BCUT2D eigenvalue weighted by molar-refractivity contribution is 8.02. The lowest BCUT2D eigenvalue weighted by Crippen LogP contribution is -2.55. The molecule has 1 spiro atoms. The topological polar surface area (TPSA) is 111 Å². The molecule has 0 radical (unpaired) electrons. The van der Waals surface area contributed by atoms with Crippen molar-refractivity contribution in [2.75, 3.05) is 59.1 Å². The number of aliphatic hydroxyl groups excluding tert-OH is 1. The van der Waals surface area contributed by atoms with Gasteiger partial charge in [-0.25, -0.2) is 0 Å². The van der Waals surface area contributed by atoms with Gasteiger partial charge in [-0.1, -0.05) is 6.92 Å². The molecule has 2 unspecified atom stereocenters. The van der Waals surface area contributed by atoms with Gasteiger partial charge in [0.15, 0.2) is 0 Å². The molecule has 4 fully saturated rings. The van der Waals surface area contributed by atoms with Crippen LogP contribution >= 0.6 is 11.8 Å². The number of amides is 3. The molecule has 9 nitrogen and oxygen atoms in total. The van der Waals surface area contributed by atoms with Crippen molar-refractivity contribution in [1.29, 1.82) is 0 Å². The summed E-state index contributed by atoms with van der Waals surface area (Å²) in [6.45, 7) is 8.90. The first-order valence-corrected chi connectivity index (χ1v) is 12.7. The summed E-state index contributed by atoms with van der Waals surface area (Å²) in [6.07, 6.45) is 2.36. The number of hydrogen-bond acceptors (Lipinski definition) is 7. The fourth-order valence-electron chi connectivity index (χ4n) is 6.09. The van der Waals surface area contributed by atoms with E-state index in [1.807, 2.05) is 6.92 Å². The number of carbonyl (C=O) groups is 3. The molecular weight excluding hydrogens is 432 g/mol. The van der Waals surface area contributed by atoms with Gasteiger partial charge in [-0.05, 0) is 26.2 Å². The minimum atomic E-state index is -0.660. The molecule has 4 saturated heterocycles. The normalized spacial score (nSPS) is 36.4. The van der Waals surface area contributed by atoms with Crippen LogP contribution in [-0.2, 0) is 19.1 Å². The highest BCUT2D eigenvalue weighted by Crippen LogP contribution is 2.71. The van der Waals surface area contributed by atoms with Crippen molar-refractivity contribution in [3.8, 4) is 0 Å². The first-order chi connectivity index (χ1) is 15.4. The Hall–Kier alpha value is -1.36. The number of nitrogens with zero attached hydrogens (tertiary/aromatic N) is 2. The number of rotatable bonds is 9. The first-order valence-electron chi connectivity index (χ1n) is 11.8. The third-order valence-corrected chi connectivity index (χ3v) is 9.51. The fourth-order valence-corrected chi connectivity index (χ4v) is 8.45. The van der Waals surface area contributed by atoms with E-state index >= 15 is 0 Å². The summed E-state index contributed by atoms with van der Waals surface area (Å²) < 4.78 is 4.41. The van der Waals surface area contributed by atoms with Gasteiger partial charge in [0.05, 0.1) is 36.4 Å². The zero-order valence-electron chi connectivity index (χ0n) is 19.1. The van der Waals surface area contributed by atoms with E-state index in [2.05, 4.69) is 22.5 Å². The van der Waals surface area contributed by atoms with E-state index in [0.717, 1.165) is 38.9 Å². The molecule has 180 valence electrons. The molecule has 4 aliphatic heterocycles. The summed E-state index contributed by atoms with van der Waals surface area (Å²) in [5, 5.41) is 15.7. The van der Waals surface area contributed by atoms with E-state index in [4.69, 9.17) is 4.74 Å². The van der Waals surface area contributed by atoms with Crippen molar-refractivity contribution in [1.82, 2.24) is 20.4 Å². The number of carbonyl (C=O) groups excluding carboxylic acids is 3. The summed E-state index contributed by atoms with van der Waals surface area (Å²) in [5.41, 5.74) is 0. The number of hydrogen-bond donors (Lipinski definition) is 3. The van der Waals surface area contributed by atoms with E-state index in [9.17, 15) is 19.5 Å². The fraction of sp³-hybridized carbons (Fsp3) is 0.864. The second kappa shape index (κ2) is 9.48. The molecule has 4 heterocycles. The Morgan fingerprint density at radius 3 is 2.56 bits per heavy atom. The second-order valence-corrected chi connectivity index (χ2v) is 11.4. The molecule has 32 heavy (non-hydrogen) atoms. The van der Waals surface area contributed by atoms with Crippen LogP contribution in [0.2, 0.25) is 0 Å². The predicted octanol–water partition coefficient (Wildman–Crippen LogP) is -0.565. The van der Waals surface area contributed by atoms with Gasteiger partial charge < -0.3 is 25.4 Å². The minimum absolute atomic E-state index is 0.0842. The molecule has 0 saturated carbocycles. The molecule has 4 aliphatic rings. The van der Waals surface area contributed by atoms with Crippen LogP contribution in [-0.4, -0.2) is 107 Å². The molecular formula is C22H36N4O5S. The largest absolute Gasteiger partial charge is 0.395 e. The van der Waals surface area contributed by atoms with Crippen molar-refractivity contribution in [3.63, 3.8) is 0 Å². The SMILES string of the molecule is CCCNC(=O)[C@H]1[C@H]2C(=O)N(CCO)C(C(=O)NCCN3CCOCC3)C23CC[C@]1(C)S3. The number of ether oxygens (including phenoxy) is 1. The third-order valence-electron chi connectivity index (χ3n) is 7.53. The Bertz CT molecular complexity index is 748. The first kappa shape index (κ1) is 23.8. The van der Waals surface area contributed by atoms with E-state index in [-0.39, 0.29) is 35.6 Å². The van der Waals surface area contributed by atoms with Gasteiger partial charge >= 0.3 is 0 Å². The Morgan fingerprint density at radius 1 is 1.16 bits per heavy atom. The van der Waals surface area contributed by atoms with E-state index in [1.165, 1.54) is 4.90 Å². The number of nitrogens with one attached hydrogen (secondary N) is 2. The van der Waals surface area contributed by atoms with E-state index in [1.54, 1.807) is 11.8 Å². The average molecular weight is 469 g/mol. The maximum absolute atomic E-state index is 13.5. The summed E-state index contributed by atoms with van der Waals surface area (Å²) in [6, 6.07) is -0.660.